The molecule has 1 heterocycles. The molecular weight excluding hydrogens is 302 g/mol. The maximum atomic E-state index is 13.2. The molecule has 1 amide bonds. The van der Waals surface area contributed by atoms with E-state index in [-0.39, 0.29) is 11.3 Å². The number of aromatic nitrogens is 2. The minimum atomic E-state index is -0.147. The second-order valence-electron chi connectivity index (χ2n) is 8.14. The van der Waals surface area contributed by atoms with Crippen LogP contribution in [0.15, 0.2) is 0 Å². The van der Waals surface area contributed by atoms with E-state index >= 15 is 0 Å². The summed E-state index contributed by atoms with van der Waals surface area (Å²) in [5.41, 5.74) is 2.18. The van der Waals surface area contributed by atoms with Crippen LogP contribution in [-0.2, 0) is 4.79 Å². The molecule has 4 aliphatic rings. The second-order valence-corrected chi connectivity index (χ2v) is 8.14. The van der Waals surface area contributed by atoms with Gasteiger partial charge < -0.3 is 10.1 Å². The van der Waals surface area contributed by atoms with Crippen molar-refractivity contribution in [1.82, 2.24) is 9.97 Å². The molecule has 0 aliphatic heterocycles. The number of rotatable bonds is 4. The van der Waals surface area contributed by atoms with E-state index in [9.17, 15) is 4.79 Å². The van der Waals surface area contributed by atoms with Crippen LogP contribution in [0.3, 0.4) is 0 Å². The zero-order chi connectivity index (χ0) is 16.9. The first-order valence-electron chi connectivity index (χ1n) is 9.28. The smallest absolute Gasteiger partial charge is 0.316 e. The van der Waals surface area contributed by atoms with Crippen molar-refractivity contribution in [2.45, 2.75) is 59.3 Å². The molecule has 0 radical (unpaired) electrons. The van der Waals surface area contributed by atoms with Gasteiger partial charge in [0.05, 0.1) is 29.1 Å². The topological polar surface area (TPSA) is 64.1 Å². The molecule has 0 unspecified atom stereocenters. The summed E-state index contributed by atoms with van der Waals surface area (Å²) < 4.78 is 5.39. The zero-order valence-electron chi connectivity index (χ0n) is 14.9. The Kier molecular flexibility index (Phi) is 3.77. The van der Waals surface area contributed by atoms with Gasteiger partial charge >= 0.3 is 6.01 Å². The molecule has 4 saturated carbocycles. The normalized spacial score (nSPS) is 33.5. The number of hydrogen-bond donors (Lipinski definition) is 1. The summed E-state index contributed by atoms with van der Waals surface area (Å²) in [5.74, 6) is 2.49. The third kappa shape index (κ3) is 2.58. The highest BCUT2D eigenvalue weighted by atomic mass is 16.5. The molecule has 4 fully saturated rings. The average molecular weight is 329 g/mol. The van der Waals surface area contributed by atoms with Crippen molar-refractivity contribution < 1.29 is 9.53 Å². The van der Waals surface area contributed by atoms with E-state index in [1.807, 2.05) is 20.8 Å². The molecule has 0 aromatic carbocycles. The van der Waals surface area contributed by atoms with Crippen LogP contribution in [0.2, 0.25) is 0 Å². The predicted molar refractivity (Wildman–Crippen MR) is 91.9 cm³/mol. The third-order valence-corrected chi connectivity index (χ3v) is 6.28. The fraction of sp³-hybridized carbons (Fsp3) is 0.737. The van der Waals surface area contributed by atoms with Gasteiger partial charge in [-0.25, -0.2) is 0 Å². The van der Waals surface area contributed by atoms with E-state index in [1.165, 1.54) is 19.3 Å². The third-order valence-electron chi connectivity index (χ3n) is 6.28. The van der Waals surface area contributed by atoms with Gasteiger partial charge in [0.25, 0.3) is 0 Å². The summed E-state index contributed by atoms with van der Waals surface area (Å²) in [5, 5.41) is 3.19. The van der Waals surface area contributed by atoms with Gasteiger partial charge in [0.15, 0.2) is 0 Å². The van der Waals surface area contributed by atoms with Crippen molar-refractivity contribution in [3.8, 4) is 6.01 Å². The summed E-state index contributed by atoms with van der Waals surface area (Å²) in [4.78, 5) is 21.9. The summed E-state index contributed by atoms with van der Waals surface area (Å²) in [6.45, 7) is 6.27. The van der Waals surface area contributed by atoms with Crippen molar-refractivity contribution in [3.63, 3.8) is 0 Å². The molecule has 5 rings (SSSR count). The van der Waals surface area contributed by atoms with Crippen molar-refractivity contribution >= 4 is 11.6 Å². The van der Waals surface area contributed by atoms with Gasteiger partial charge in [0, 0.05) is 0 Å². The number of aryl methyl sites for hydroxylation is 2. The Morgan fingerprint density at radius 3 is 2.04 bits per heavy atom. The molecule has 5 heteroatoms. The lowest BCUT2D eigenvalue weighted by Gasteiger charge is -2.55. The molecule has 5 nitrogen and oxygen atoms in total. The van der Waals surface area contributed by atoms with E-state index in [1.54, 1.807) is 0 Å². The number of nitrogens with one attached hydrogen (secondary N) is 1. The highest BCUT2D eigenvalue weighted by Gasteiger charge is 2.54. The Bertz CT molecular complexity index is 612. The Balaban J connectivity index is 1.56. The van der Waals surface area contributed by atoms with Crippen molar-refractivity contribution in [2.24, 2.45) is 23.2 Å². The number of carbonyl (C=O) groups excluding carboxylic acids is 1. The van der Waals surface area contributed by atoms with Crippen molar-refractivity contribution in [2.75, 3.05) is 11.9 Å². The number of amides is 1. The number of carbonyl (C=O) groups is 1. The van der Waals surface area contributed by atoms with Crippen LogP contribution in [0.4, 0.5) is 5.69 Å². The van der Waals surface area contributed by atoms with Crippen LogP contribution in [0, 0.1) is 37.0 Å². The quantitative estimate of drug-likeness (QED) is 0.916. The van der Waals surface area contributed by atoms with E-state index in [0.717, 1.165) is 54.1 Å². The largest absolute Gasteiger partial charge is 0.464 e. The van der Waals surface area contributed by atoms with Crippen LogP contribution in [0.25, 0.3) is 0 Å². The summed E-state index contributed by atoms with van der Waals surface area (Å²) >= 11 is 0. The molecule has 0 atom stereocenters. The molecule has 0 saturated heterocycles. The summed E-state index contributed by atoms with van der Waals surface area (Å²) in [6, 6.07) is 0.389. The Labute approximate surface area is 143 Å². The SMILES string of the molecule is CCOc1nc(C)c(NC(=O)C23CC4CC(CC(C4)C2)C3)c(C)n1. The molecule has 130 valence electrons. The Hall–Kier alpha value is -1.65. The van der Waals surface area contributed by atoms with Gasteiger partial charge in [-0.2, -0.15) is 9.97 Å². The standard InChI is InChI=1S/C19H27N3O2/c1-4-24-18-20-11(2)16(12(3)21-18)22-17(23)19-8-13-5-14(9-19)7-15(6-13)10-19/h13-15H,4-10H2,1-3H3,(H,22,23). The maximum absolute atomic E-state index is 13.2. The fourth-order valence-electron chi connectivity index (χ4n) is 5.69. The second kappa shape index (κ2) is 5.71. The molecule has 0 spiro atoms. The highest BCUT2D eigenvalue weighted by Crippen LogP contribution is 2.60. The highest BCUT2D eigenvalue weighted by molar-refractivity contribution is 5.96. The van der Waals surface area contributed by atoms with Gasteiger partial charge in [0.2, 0.25) is 5.91 Å². The lowest BCUT2D eigenvalue weighted by atomic mass is 9.49. The van der Waals surface area contributed by atoms with Crippen LogP contribution in [0.1, 0.15) is 56.8 Å². The summed E-state index contributed by atoms with van der Waals surface area (Å²) in [7, 11) is 0. The van der Waals surface area contributed by atoms with Crippen LogP contribution < -0.4 is 10.1 Å². The van der Waals surface area contributed by atoms with E-state index < -0.39 is 0 Å². The molecular formula is C19H27N3O2. The van der Waals surface area contributed by atoms with Gasteiger partial charge in [-0.15, -0.1) is 0 Å². The van der Waals surface area contributed by atoms with E-state index in [2.05, 4.69) is 15.3 Å². The predicted octanol–water partition coefficient (Wildman–Crippen LogP) is 3.65. The summed E-state index contributed by atoms with van der Waals surface area (Å²) in [6.07, 6.45) is 7.24. The first-order chi connectivity index (χ1) is 11.5. The van der Waals surface area contributed by atoms with Crippen LogP contribution in [0.5, 0.6) is 6.01 Å². The van der Waals surface area contributed by atoms with Gasteiger partial charge in [0.1, 0.15) is 0 Å². The van der Waals surface area contributed by atoms with Gasteiger partial charge in [-0.1, -0.05) is 0 Å². The average Bonchev–Trinajstić information content (AvgIpc) is 2.49. The van der Waals surface area contributed by atoms with E-state index in [4.69, 9.17) is 4.74 Å². The Morgan fingerprint density at radius 2 is 1.58 bits per heavy atom. The van der Waals surface area contributed by atoms with Crippen LogP contribution >= 0.6 is 0 Å². The molecule has 1 aromatic rings. The molecule has 4 bridgehead atoms. The minimum Gasteiger partial charge on any atom is -0.464 e. The molecule has 1 N–H and O–H groups in total. The van der Waals surface area contributed by atoms with Crippen LogP contribution in [-0.4, -0.2) is 22.5 Å². The zero-order valence-corrected chi connectivity index (χ0v) is 14.9. The molecule has 4 aliphatic carbocycles. The van der Waals surface area contributed by atoms with E-state index in [0.29, 0.717) is 12.6 Å². The first-order valence-corrected chi connectivity index (χ1v) is 9.28. The van der Waals surface area contributed by atoms with Crippen molar-refractivity contribution in [1.29, 1.82) is 0 Å². The first kappa shape index (κ1) is 15.9. The fourth-order valence-corrected chi connectivity index (χ4v) is 5.69. The number of anilines is 1. The molecule has 24 heavy (non-hydrogen) atoms. The maximum Gasteiger partial charge on any atom is 0.316 e. The van der Waals surface area contributed by atoms with Gasteiger partial charge in [-0.3, -0.25) is 4.79 Å². The number of ether oxygens (including phenoxy) is 1. The lowest BCUT2D eigenvalue weighted by molar-refractivity contribution is -0.140. The molecule has 1 aromatic heterocycles. The Morgan fingerprint density at radius 1 is 1.08 bits per heavy atom. The number of hydrogen-bond acceptors (Lipinski definition) is 4. The number of nitrogens with zero attached hydrogens (tertiary/aromatic N) is 2. The van der Waals surface area contributed by atoms with Crippen molar-refractivity contribution in [3.05, 3.63) is 11.4 Å². The monoisotopic (exact) mass is 329 g/mol. The van der Waals surface area contributed by atoms with Gasteiger partial charge in [-0.05, 0) is 77.0 Å². The lowest BCUT2D eigenvalue weighted by Crippen LogP contribution is -2.51. The minimum absolute atomic E-state index is 0.147.